The Morgan fingerprint density at radius 3 is 1.08 bits per heavy atom. The van der Waals surface area contributed by atoms with Gasteiger partial charge in [-0.1, -0.05) is 182 Å². The summed E-state index contributed by atoms with van der Waals surface area (Å²) in [5.74, 6) is 0. The molecule has 2 aliphatic carbocycles. The fourth-order valence-electron chi connectivity index (χ4n) is 10.3. The molecule has 0 fully saturated rings. The van der Waals surface area contributed by atoms with Crippen LogP contribution in [0.2, 0.25) is 0 Å². The summed E-state index contributed by atoms with van der Waals surface area (Å²) in [7, 11) is 0. The zero-order valence-electron chi connectivity index (χ0n) is 32.3. The van der Waals surface area contributed by atoms with E-state index in [0.717, 1.165) is 17.1 Å². The third-order valence-electron chi connectivity index (χ3n) is 12.7. The predicted octanol–water partition coefficient (Wildman–Crippen LogP) is 13.8. The molecule has 0 amide bonds. The topological polar surface area (TPSA) is 27.0 Å². The van der Waals surface area contributed by atoms with Crippen LogP contribution >= 0.6 is 0 Å². The Labute approximate surface area is 345 Å². The zero-order valence-corrected chi connectivity index (χ0v) is 32.3. The van der Waals surface area contributed by atoms with Gasteiger partial charge in [-0.25, -0.2) is 0 Å². The van der Waals surface area contributed by atoms with Crippen LogP contribution in [0, 0.1) is 11.3 Å². The van der Waals surface area contributed by atoms with Crippen molar-refractivity contribution in [3.8, 4) is 28.3 Å². The normalized spacial score (nSPS) is 13.7. The summed E-state index contributed by atoms with van der Waals surface area (Å²) in [6.07, 6.45) is 0. The molecule has 9 aromatic rings. The second kappa shape index (κ2) is 13.7. The van der Waals surface area contributed by atoms with Crippen LogP contribution in [0.25, 0.3) is 22.3 Å². The van der Waals surface area contributed by atoms with Gasteiger partial charge in [0.05, 0.1) is 22.5 Å². The molecule has 0 aliphatic heterocycles. The van der Waals surface area contributed by atoms with Crippen LogP contribution in [0.15, 0.2) is 231 Å². The van der Waals surface area contributed by atoms with Gasteiger partial charge in [-0.05, 0) is 115 Å². The van der Waals surface area contributed by atoms with E-state index in [1.807, 2.05) is 12.1 Å². The van der Waals surface area contributed by atoms with Gasteiger partial charge in [-0.3, -0.25) is 0 Å². The molecule has 0 bridgehead atoms. The Morgan fingerprint density at radius 2 is 0.644 bits per heavy atom. The molecule has 0 saturated heterocycles. The van der Waals surface area contributed by atoms with Gasteiger partial charge in [0.25, 0.3) is 0 Å². The van der Waals surface area contributed by atoms with E-state index in [1.165, 1.54) is 66.8 Å². The molecule has 0 heterocycles. The van der Waals surface area contributed by atoms with E-state index in [-0.39, 0.29) is 0 Å². The van der Waals surface area contributed by atoms with Gasteiger partial charge in [-0.2, -0.15) is 5.26 Å². The number of nitrogens with zero attached hydrogens (tertiary/aromatic N) is 2. The molecule has 0 aromatic heterocycles. The van der Waals surface area contributed by atoms with E-state index in [9.17, 15) is 5.26 Å². The molecule has 0 atom stereocenters. The van der Waals surface area contributed by atoms with Crippen molar-refractivity contribution in [3.63, 3.8) is 0 Å². The minimum atomic E-state index is -0.532. The summed E-state index contributed by atoms with van der Waals surface area (Å²) in [6.45, 7) is 0. The highest BCUT2D eigenvalue weighted by atomic mass is 15.1. The first kappa shape index (κ1) is 34.5. The van der Waals surface area contributed by atoms with Crippen molar-refractivity contribution in [3.05, 3.63) is 281 Å². The summed E-state index contributed by atoms with van der Waals surface area (Å²) < 4.78 is 0. The van der Waals surface area contributed by atoms with Crippen molar-refractivity contribution in [2.24, 2.45) is 0 Å². The highest BCUT2D eigenvalue weighted by molar-refractivity contribution is 5.90. The van der Waals surface area contributed by atoms with E-state index < -0.39 is 10.8 Å². The van der Waals surface area contributed by atoms with E-state index in [1.54, 1.807) is 0 Å². The van der Waals surface area contributed by atoms with Crippen molar-refractivity contribution in [2.45, 2.75) is 10.8 Å². The number of hydrogen-bond acceptors (Lipinski definition) is 2. The third kappa shape index (κ3) is 5.05. The van der Waals surface area contributed by atoms with Crippen LogP contribution in [0.3, 0.4) is 0 Å². The number of rotatable bonds is 7. The Bertz CT molecular complexity index is 2950. The standard InChI is InChI=1S/C57H38N2/c58-39-40-28-32-45(33-29-40)59(46-34-30-44(31-35-46)56(41-16-4-1-5-17-41)52-25-13-10-22-48(52)49-23-11-14-26-53(49)56)47-36-37-51-50-24-12-15-27-54(50)57(55(51)38-47,42-18-6-2-7-19-42)43-20-8-3-9-21-43/h1-38H. The van der Waals surface area contributed by atoms with E-state index in [2.05, 4.69) is 229 Å². The van der Waals surface area contributed by atoms with Crippen LogP contribution in [-0.4, -0.2) is 0 Å². The average molecular weight is 751 g/mol. The lowest BCUT2D eigenvalue weighted by Crippen LogP contribution is -2.29. The number of hydrogen-bond donors (Lipinski definition) is 0. The molecular weight excluding hydrogens is 713 g/mol. The van der Waals surface area contributed by atoms with Crippen molar-refractivity contribution in [1.82, 2.24) is 0 Å². The fraction of sp³-hybridized carbons (Fsp3) is 0.0351. The van der Waals surface area contributed by atoms with Gasteiger partial charge < -0.3 is 4.90 Å². The van der Waals surface area contributed by atoms with E-state index in [4.69, 9.17) is 0 Å². The number of benzene rings is 9. The van der Waals surface area contributed by atoms with Crippen molar-refractivity contribution >= 4 is 17.1 Å². The maximum absolute atomic E-state index is 9.80. The first-order valence-electron chi connectivity index (χ1n) is 20.2. The fourth-order valence-corrected chi connectivity index (χ4v) is 10.3. The van der Waals surface area contributed by atoms with Gasteiger partial charge in [0.2, 0.25) is 0 Å². The van der Waals surface area contributed by atoms with Crippen LogP contribution < -0.4 is 4.90 Å². The minimum Gasteiger partial charge on any atom is -0.310 e. The minimum absolute atomic E-state index is 0.490. The molecule has 0 N–H and O–H groups in total. The first-order chi connectivity index (χ1) is 29.2. The second-order valence-corrected chi connectivity index (χ2v) is 15.5. The Hall–Kier alpha value is -7.73. The zero-order chi connectivity index (χ0) is 39.4. The third-order valence-corrected chi connectivity index (χ3v) is 12.7. The molecule has 0 unspecified atom stereocenters. The summed E-state index contributed by atoms with van der Waals surface area (Å²) in [5, 5.41) is 9.80. The molecule has 2 nitrogen and oxygen atoms in total. The van der Waals surface area contributed by atoms with Crippen LogP contribution in [0.1, 0.15) is 50.1 Å². The Kier molecular flexibility index (Phi) is 8.03. The highest BCUT2D eigenvalue weighted by Gasteiger charge is 2.47. The quantitative estimate of drug-likeness (QED) is 0.162. The van der Waals surface area contributed by atoms with Gasteiger partial charge in [-0.15, -0.1) is 0 Å². The summed E-state index contributed by atoms with van der Waals surface area (Å²) in [6, 6.07) is 85.8. The van der Waals surface area contributed by atoms with Gasteiger partial charge in [0.15, 0.2) is 0 Å². The smallest absolute Gasteiger partial charge is 0.0991 e. The predicted molar refractivity (Wildman–Crippen MR) is 240 cm³/mol. The first-order valence-corrected chi connectivity index (χ1v) is 20.2. The molecule has 59 heavy (non-hydrogen) atoms. The molecule has 2 heteroatoms. The maximum atomic E-state index is 9.80. The highest BCUT2D eigenvalue weighted by Crippen LogP contribution is 2.58. The average Bonchev–Trinajstić information content (AvgIpc) is 3.79. The monoisotopic (exact) mass is 750 g/mol. The molecule has 9 aromatic carbocycles. The lowest BCUT2D eigenvalue weighted by atomic mass is 9.67. The Balaban J connectivity index is 1.13. The molecule has 0 saturated carbocycles. The van der Waals surface area contributed by atoms with Crippen molar-refractivity contribution < 1.29 is 0 Å². The summed E-state index contributed by atoms with van der Waals surface area (Å²) in [5.41, 5.74) is 17.7. The lowest BCUT2D eigenvalue weighted by Gasteiger charge is -2.35. The second-order valence-electron chi connectivity index (χ2n) is 15.5. The maximum Gasteiger partial charge on any atom is 0.0991 e. The molecule has 11 rings (SSSR count). The van der Waals surface area contributed by atoms with Crippen LogP contribution in [0.5, 0.6) is 0 Å². The Morgan fingerprint density at radius 1 is 0.305 bits per heavy atom. The van der Waals surface area contributed by atoms with Gasteiger partial charge in [0, 0.05) is 17.1 Å². The van der Waals surface area contributed by atoms with Crippen LogP contribution in [0.4, 0.5) is 17.1 Å². The molecular formula is C57H38N2. The number of anilines is 3. The molecule has 276 valence electrons. The van der Waals surface area contributed by atoms with Crippen LogP contribution in [-0.2, 0) is 10.8 Å². The van der Waals surface area contributed by atoms with E-state index in [0.29, 0.717) is 5.56 Å². The number of fused-ring (bicyclic) bond motifs is 6. The van der Waals surface area contributed by atoms with Gasteiger partial charge >= 0.3 is 0 Å². The van der Waals surface area contributed by atoms with E-state index >= 15 is 0 Å². The van der Waals surface area contributed by atoms with Crippen molar-refractivity contribution in [1.29, 1.82) is 5.26 Å². The number of nitriles is 1. The molecule has 0 spiro atoms. The lowest BCUT2D eigenvalue weighted by molar-refractivity contribution is 0.768. The largest absolute Gasteiger partial charge is 0.310 e. The summed E-state index contributed by atoms with van der Waals surface area (Å²) >= 11 is 0. The molecule has 0 radical (unpaired) electrons. The summed E-state index contributed by atoms with van der Waals surface area (Å²) in [4.78, 5) is 2.33. The molecule has 2 aliphatic rings. The SMILES string of the molecule is N#Cc1ccc(N(c2ccc(C3(c4ccccc4)c4ccccc4-c4ccccc43)cc2)c2ccc3c(c2)C(c2ccccc2)(c2ccccc2)c2ccccc2-3)cc1. The van der Waals surface area contributed by atoms with Gasteiger partial charge in [0.1, 0.15) is 0 Å². The van der Waals surface area contributed by atoms with Crippen molar-refractivity contribution in [2.75, 3.05) is 4.90 Å².